The minimum Gasteiger partial charge on any atom is -0.198 e. The van der Waals surface area contributed by atoms with Gasteiger partial charge in [0, 0.05) is 7.05 Å². The summed E-state index contributed by atoms with van der Waals surface area (Å²) in [4.78, 5) is 0. The maximum absolute atomic E-state index is 3.60. The van der Waals surface area contributed by atoms with Crippen molar-refractivity contribution in [3.63, 3.8) is 0 Å². The van der Waals surface area contributed by atoms with E-state index in [-0.39, 0.29) is 0 Å². The highest BCUT2D eigenvalue weighted by Crippen LogP contribution is 1.62. The van der Waals surface area contributed by atoms with Crippen molar-refractivity contribution in [1.82, 2.24) is 0 Å². The molecule has 2 nitrogen and oxygen atoms in total. The lowest BCUT2D eigenvalue weighted by atomic mass is 10.8. The molecule has 0 unspecified atom stereocenters. The SMILES string of the molecule is CC/N=N/C. The molecule has 0 aromatic rings. The van der Waals surface area contributed by atoms with E-state index in [1.165, 1.54) is 0 Å². The van der Waals surface area contributed by atoms with Crippen LogP contribution in [0.1, 0.15) is 6.92 Å². The van der Waals surface area contributed by atoms with E-state index in [9.17, 15) is 0 Å². The van der Waals surface area contributed by atoms with Gasteiger partial charge < -0.3 is 0 Å². The van der Waals surface area contributed by atoms with Gasteiger partial charge in [0.15, 0.2) is 0 Å². The molecule has 5 heavy (non-hydrogen) atoms. The first kappa shape index (κ1) is 4.60. The second-order valence-electron chi connectivity index (χ2n) is 0.658. The monoisotopic (exact) mass is 72.1 g/mol. The van der Waals surface area contributed by atoms with Crippen molar-refractivity contribution in [2.75, 3.05) is 13.6 Å². The summed E-state index contributed by atoms with van der Waals surface area (Å²) >= 11 is 0. The second-order valence-corrected chi connectivity index (χ2v) is 0.658. The van der Waals surface area contributed by atoms with Gasteiger partial charge in [-0.1, -0.05) is 0 Å². The average Bonchev–Trinajstić information content (AvgIpc) is 1.41. The zero-order valence-electron chi connectivity index (χ0n) is 3.60. The Labute approximate surface area is 31.9 Å². The molecule has 0 saturated carbocycles. The van der Waals surface area contributed by atoms with Crippen molar-refractivity contribution in [2.24, 2.45) is 10.2 Å². The molecule has 0 heterocycles. The maximum atomic E-state index is 3.60. The highest BCUT2D eigenvalue weighted by atomic mass is 15.1. The molecule has 0 aromatic carbocycles. The van der Waals surface area contributed by atoms with E-state index in [0.29, 0.717) is 0 Å². The molecule has 0 radical (unpaired) electrons. The molecule has 0 amide bonds. The van der Waals surface area contributed by atoms with Crippen molar-refractivity contribution < 1.29 is 0 Å². The summed E-state index contributed by atoms with van der Waals surface area (Å²) in [6, 6.07) is 0. The lowest BCUT2D eigenvalue weighted by Crippen LogP contribution is -1.57. The molecule has 0 bridgehead atoms. The Morgan fingerprint density at radius 1 is 1.60 bits per heavy atom. The van der Waals surface area contributed by atoms with Gasteiger partial charge in [-0.05, 0) is 6.92 Å². The van der Waals surface area contributed by atoms with Gasteiger partial charge in [-0.25, -0.2) is 0 Å². The number of nitrogens with zero attached hydrogens (tertiary/aromatic N) is 2. The summed E-state index contributed by atoms with van der Waals surface area (Å²) < 4.78 is 0. The van der Waals surface area contributed by atoms with Crippen LogP contribution >= 0.6 is 0 Å². The Morgan fingerprint density at radius 2 is 2.20 bits per heavy atom. The van der Waals surface area contributed by atoms with Gasteiger partial charge in [-0.3, -0.25) is 0 Å². The van der Waals surface area contributed by atoms with Crippen LogP contribution in [0.2, 0.25) is 0 Å². The van der Waals surface area contributed by atoms with E-state index in [1.54, 1.807) is 7.05 Å². The molecule has 2 heteroatoms. The van der Waals surface area contributed by atoms with Crippen LogP contribution < -0.4 is 0 Å². The molecule has 0 aliphatic carbocycles. The van der Waals surface area contributed by atoms with Crippen molar-refractivity contribution >= 4 is 0 Å². The van der Waals surface area contributed by atoms with Crippen LogP contribution in [0.3, 0.4) is 0 Å². The standard InChI is InChI=1S/C3H8N2/c1-3-5-4-2/h3H2,1-2H3/b5-4+. The Hall–Kier alpha value is -0.400. The molecule has 0 atom stereocenters. The van der Waals surface area contributed by atoms with Crippen LogP contribution in [0.5, 0.6) is 0 Å². The van der Waals surface area contributed by atoms with E-state index in [0.717, 1.165) is 6.54 Å². The normalized spacial score (nSPS) is 10.0. The van der Waals surface area contributed by atoms with Gasteiger partial charge in [-0.15, -0.1) is 0 Å². The van der Waals surface area contributed by atoms with Crippen LogP contribution in [0.25, 0.3) is 0 Å². The highest BCUT2D eigenvalue weighted by molar-refractivity contribution is 4.16. The molecule has 0 spiro atoms. The van der Waals surface area contributed by atoms with Gasteiger partial charge in [-0.2, -0.15) is 10.2 Å². The molecule has 0 aliphatic heterocycles. The summed E-state index contributed by atoms with van der Waals surface area (Å²) in [5.41, 5.74) is 0. The number of hydrogen-bond donors (Lipinski definition) is 0. The predicted molar refractivity (Wildman–Crippen MR) is 21.3 cm³/mol. The fraction of sp³-hybridized carbons (Fsp3) is 1.00. The number of rotatable bonds is 1. The van der Waals surface area contributed by atoms with Gasteiger partial charge in [0.25, 0.3) is 0 Å². The maximum Gasteiger partial charge on any atom is 0.0570 e. The minimum atomic E-state index is 0.802. The summed E-state index contributed by atoms with van der Waals surface area (Å²) in [5.74, 6) is 0. The van der Waals surface area contributed by atoms with Gasteiger partial charge in [0.1, 0.15) is 0 Å². The third-order valence-corrected chi connectivity index (χ3v) is 0.283. The first-order valence-corrected chi connectivity index (χ1v) is 1.67. The Kier molecular flexibility index (Phi) is 3.31. The van der Waals surface area contributed by atoms with Crippen molar-refractivity contribution in [1.29, 1.82) is 0 Å². The zero-order valence-corrected chi connectivity index (χ0v) is 3.60. The van der Waals surface area contributed by atoms with E-state index >= 15 is 0 Å². The largest absolute Gasteiger partial charge is 0.198 e. The van der Waals surface area contributed by atoms with E-state index < -0.39 is 0 Å². The van der Waals surface area contributed by atoms with E-state index in [4.69, 9.17) is 0 Å². The Bertz CT molecular complexity index is 31.9. The lowest BCUT2D eigenvalue weighted by molar-refractivity contribution is 0.976. The quantitative estimate of drug-likeness (QED) is 0.414. The van der Waals surface area contributed by atoms with Crippen molar-refractivity contribution in [2.45, 2.75) is 6.92 Å². The summed E-state index contributed by atoms with van der Waals surface area (Å²) in [7, 11) is 1.67. The van der Waals surface area contributed by atoms with Crippen LogP contribution in [0.15, 0.2) is 10.2 Å². The fourth-order valence-corrected chi connectivity index (χ4v) is 0.141. The van der Waals surface area contributed by atoms with Gasteiger partial charge >= 0.3 is 0 Å². The van der Waals surface area contributed by atoms with E-state index in [2.05, 4.69) is 10.2 Å². The van der Waals surface area contributed by atoms with Crippen LogP contribution in [0.4, 0.5) is 0 Å². The molecule has 0 rings (SSSR count). The molecular formula is C3H8N2. The summed E-state index contributed by atoms with van der Waals surface area (Å²) in [5, 5.41) is 7.08. The average molecular weight is 72.1 g/mol. The third kappa shape index (κ3) is 3.60. The minimum absolute atomic E-state index is 0.802. The molecule has 0 N–H and O–H groups in total. The van der Waals surface area contributed by atoms with Crippen molar-refractivity contribution in [3.05, 3.63) is 0 Å². The first-order valence-electron chi connectivity index (χ1n) is 1.67. The molecule has 0 aromatic heterocycles. The molecule has 0 aliphatic rings. The fourth-order valence-electron chi connectivity index (χ4n) is 0.141. The Balaban J connectivity index is 2.62. The zero-order chi connectivity index (χ0) is 4.12. The van der Waals surface area contributed by atoms with Gasteiger partial charge in [0.05, 0.1) is 6.54 Å². The Morgan fingerprint density at radius 3 is 2.20 bits per heavy atom. The molecule has 0 fully saturated rings. The predicted octanol–water partition coefficient (Wildman–Crippen LogP) is 1.09. The topological polar surface area (TPSA) is 24.7 Å². The van der Waals surface area contributed by atoms with E-state index in [1.807, 2.05) is 6.92 Å². The summed E-state index contributed by atoms with van der Waals surface area (Å²) in [6.45, 7) is 2.75. The number of azo groups is 1. The summed E-state index contributed by atoms with van der Waals surface area (Å²) in [6.07, 6.45) is 0. The van der Waals surface area contributed by atoms with Crippen molar-refractivity contribution in [3.8, 4) is 0 Å². The highest BCUT2D eigenvalue weighted by Gasteiger charge is 1.52. The molecular weight excluding hydrogens is 64.0 g/mol. The second kappa shape index (κ2) is 3.60. The third-order valence-electron chi connectivity index (χ3n) is 0.283. The van der Waals surface area contributed by atoms with Crippen LogP contribution in [-0.4, -0.2) is 13.6 Å². The lowest BCUT2D eigenvalue weighted by Gasteiger charge is -1.66. The van der Waals surface area contributed by atoms with Gasteiger partial charge in [0.2, 0.25) is 0 Å². The number of hydrogen-bond acceptors (Lipinski definition) is 2. The smallest absolute Gasteiger partial charge is 0.0570 e. The van der Waals surface area contributed by atoms with Crippen LogP contribution in [0, 0.1) is 0 Å². The first-order chi connectivity index (χ1) is 2.41. The molecule has 0 saturated heterocycles. The van der Waals surface area contributed by atoms with Crippen LogP contribution in [-0.2, 0) is 0 Å². The molecule has 30 valence electrons.